The molecule has 0 amide bonds. The van der Waals surface area contributed by atoms with Crippen LogP contribution in [0.4, 0.5) is 0 Å². The zero-order chi connectivity index (χ0) is 13.0. The predicted octanol–water partition coefficient (Wildman–Crippen LogP) is 1.87. The van der Waals surface area contributed by atoms with Crippen LogP contribution in [0.5, 0.6) is 0 Å². The fourth-order valence-electron chi connectivity index (χ4n) is 1.81. The highest BCUT2D eigenvalue weighted by molar-refractivity contribution is 9.10. The van der Waals surface area contributed by atoms with Crippen molar-refractivity contribution in [1.82, 2.24) is 25.1 Å². The first-order valence-corrected chi connectivity index (χ1v) is 6.67. The van der Waals surface area contributed by atoms with Crippen molar-refractivity contribution >= 4 is 15.9 Å². The van der Waals surface area contributed by atoms with Crippen LogP contribution >= 0.6 is 15.9 Å². The number of nitrogens with one attached hydrogen (secondary N) is 1. The van der Waals surface area contributed by atoms with E-state index in [1.54, 1.807) is 11.0 Å². The molecule has 0 radical (unpaired) electrons. The van der Waals surface area contributed by atoms with Crippen LogP contribution in [-0.4, -0.2) is 26.3 Å². The molecule has 0 aliphatic heterocycles. The third kappa shape index (κ3) is 3.14. The van der Waals surface area contributed by atoms with Gasteiger partial charge in [0.1, 0.15) is 12.2 Å². The Bertz CT molecular complexity index is 493. The number of hydrogen-bond donors (Lipinski definition) is 1. The molecule has 0 aromatic carbocycles. The lowest BCUT2D eigenvalue weighted by Crippen LogP contribution is -2.25. The second-order valence-electron chi connectivity index (χ2n) is 4.02. The number of rotatable bonds is 5. The lowest BCUT2D eigenvalue weighted by molar-refractivity contribution is 0.511. The predicted molar refractivity (Wildman–Crippen MR) is 73.1 cm³/mol. The van der Waals surface area contributed by atoms with E-state index in [1.807, 2.05) is 25.4 Å². The normalized spacial score (nSPS) is 12.6. The third-order valence-corrected chi connectivity index (χ3v) is 3.22. The fourth-order valence-corrected chi connectivity index (χ4v) is 2.04. The molecule has 2 aromatic heterocycles. The zero-order valence-electron chi connectivity index (χ0n) is 10.5. The number of halogens is 1. The molecule has 1 atom stereocenters. The molecule has 0 spiro atoms. The highest BCUT2D eigenvalue weighted by Gasteiger charge is 2.15. The summed E-state index contributed by atoms with van der Waals surface area (Å²) in [4.78, 5) is 8.70. The number of hydrogen-bond acceptors (Lipinski definition) is 4. The average Bonchev–Trinajstić information content (AvgIpc) is 2.76. The summed E-state index contributed by atoms with van der Waals surface area (Å²) in [6, 6.07) is 4.18. The number of likely N-dealkylation sites (N-methyl/N-ethyl adjacent to an activating group) is 1. The molecule has 0 saturated carbocycles. The molecule has 1 N–H and O–H groups in total. The van der Waals surface area contributed by atoms with Crippen molar-refractivity contribution in [3.05, 3.63) is 40.6 Å². The minimum absolute atomic E-state index is 0.158. The van der Waals surface area contributed by atoms with Gasteiger partial charge in [-0.3, -0.25) is 9.67 Å². The standard InChI is InChI=1S/C12H16BrN5/c1-3-14-11(6-12-16-8-17-18(12)2)10-5-4-9(13)7-15-10/h4-5,7-8,11,14H,3,6H2,1-2H3. The number of pyridine rings is 1. The Kier molecular flexibility index (Phi) is 4.43. The minimum atomic E-state index is 0.158. The van der Waals surface area contributed by atoms with Gasteiger partial charge in [-0.25, -0.2) is 4.98 Å². The van der Waals surface area contributed by atoms with Crippen molar-refractivity contribution in [2.24, 2.45) is 7.05 Å². The monoisotopic (exact) mass is 309 g/mol. The van der Waals surface area contributed by atoms with E-state index in [9.17, 15) is 0 Å². The summed E-state index contributed by atoms with van der Waals surface area (Å²) in [5, 5.41) is 7.51. The van der Waals surface area contributed by atoms with Crippen LogP contribution in [0.3, 0.4) is 0 Å². The van der Waals surface area contributed by atoms with Gasteiger partial charge in [0.2, 0.25) is 0 Å². The third-order valence-electron chi connectivity index (χ3n) is 2.75. The Labute approximate surface area is 115 Å². The Hall–Kier alpha value is -1.27. The Morgan fingerprint density at radius 2 is 2.22 bits per heavy atom. The van der Waals surface area contributed by atoms with E-state index in [4.69, 9.17) is 0 Å². The molecular formula is C12H16BrN5. The average molecular weight is 310 g/mol. The van der Waals surface area contributed by atoms with Crippen LogP contribution in [0.15, 0.2) is 29.1 Å². The first-order valence-electron chi connectivity index (χ1n) is 5.88. The molecule has 0 bridgehead atoms. The summed E-state index contributed by atoms with van der Waals surface area (Å²) in [6.45, 7) is 2.97. The van der Waals surface area contributed by atoms with Crippen molar-refractivity contribution in [2.45, 2.75) is 19.4 Å². The Morgan fingerprint density at radius 1 is 1.39 bits per heavy atom. The highest BCUT2D eigenvalue weighted by atomic mass is 79.9. The Balaban J connectivity index is 2.18. The molecular weight excluding hydrogens is 294 g/mol. The van der Waals surface area contributed by atoms with Crippen molar-refractivity contribution in [3.63, 3.8) is 0 Å². The molecule has 0 aliphatic rings. The van der Waals surface area contributed by atoms with Crippen LogP contribution in [0, 0.1) is 0 Å². The van der Waals surface area contributed by atoms with Gasteiger partial charge >= 0.3 is 0 Å². The van der Waals surface area contributed by atoms with Crippen LogP contribution in [-0.2, 0) is 13.5 Å². The van der Waals surface area contributed by atoms with Crippen molar-refractivity contribution in [2.75, 3.05) is 6.54 Å². The summed E-state index contributed by atoms with van der Waals surface area (Å²) in [7, 11) is 1.90. The van der Waals surface area contributed by atoms with Gasteiger partial charge in [0.05, 0.1) is 11.7 Å². The first kappa shape index (κ1) is 13.2. The van der Waals surface area contributed by atoms with E-state index in [1.165, 1.54) is 0 Å². The van der Waals surface area contributed by atoms with E-state index < -0.39 is 0 Å². The van der Waals surface area contributed by atoms with Gasteiger partial charge in [-0.1, -0.05) is 6.92 Å². The maximum atomic E-state index is 4.44. The van der Waals surface area contributed by atoms with Crippen molar-refractivity contribution in [1.29, 1.82) is 0 Å². The van der Waals surface area contributed by atoms with E-state index in [-0.39, 0.29) is 6.04 Å². The van der Waals surface area contributed by atoms with E-state index in [2.05, 4.69) is 43.2 Å². The second kappa shape index (κ2) is 6.06. The number of aryl methyl sites for hydroxylation is 1. The highest BCUT2D eigenvalue weighted by Crippen LogP contribution is 2.17. The summed E-state index contributed by atoms with van der Waals surface area (Å²) in [5.74, 6) is 0.950. The second-order valence-corrected chi connectivity index (χ2v) is 4.93. The van der Waals surface area contributed by atoms with Gasteiger partial charge in [0.25, 0.3) is 0 Å². The molecule has 1 unspecified atom stereocenters. The van der Waals surface area contributed by atoms with Crippen LogP contribution in [0.2, 0.25) is 0 Å². The van der Waals surface area contributed by atoms with Crippen LogP contribution in [0.1, 0.15) is 24.5 Å². The minimum Gasteiger partial charge on any atom is -0.309 e. The SMILES string of the molecule is CCNC(Cc1ncnn1C)c1ccc(Br)cn1. The van der Waals surface area contributed by atoms with Crippen molar-refractivity contribution < 1.29 is 0 Å². The number of aromatic nitrogens is 4. The van der Waals surface area contributed by atoms with E-state index >= 15 is 0 Å². The first-order chi connectivity index (χ1) is 8.70. The largest absolute Gasteiger partial charge is 0.309 e. The van der Waals surface area contributed by atoms with Crippen LogP contribution < -0.4 is 5.32 Å². The maximum absolute atomic E-state index is 4.44. The number of nitrogens with zero attached hydrogens (tertiary/aromatic N) is 4. The molecule has 0 aliphatic carbocycles. The van der Waals surface area contributed by atoms with Gasteiger partial charge < -0.3 is 5.32 Å². The molecule has 2 heterocycles. The molecule has 0 fully saturated rings. The summed E-state index contributed by atoms with van der Waals surface area (Å²) < 4.78 is 2.78. The zero-order valence-corrected chi connectivity index (χ0v) is 12.1. The topological polar surface area (TPSA) is 55.6 Å². The molecule has 96 valence electrons. The maximum Gasteiger partial charge on any atom is 0.138 e. The van der Waals surface area contributed by atoms with Crippen LogP contribution in [0.25, 0.3) is 0 Å². The smallest absolute Gasteiger partial charge is 0.138 e. The Morgan fingerprint density at radius 3 is 2.78 bits per heavy atom. The lowest BCUT2D eigenvalue weighted by Gasteiger charge is -2.16. The molecule has 6 heteroatoms. The van der Waals surface area contributed by atoms with E-state index in [0.29, 0.717) is 0 Å². The molecule has 0 saturated heterocycles. The van der Waals surface area contributed by atoms with Gasteiger partial charge in [0, 0.05) is 24.1 Å². The van der Waals surface area contributed by atoms with Gasteiger partial charge in [-0.2, -0.15) is 5.10 Å². The molecule has 2 rings (SSSR count). The summed E-state index contributed by atoms with van der Waals surface area (Å²) in [5.41, 5.74) is 1.02. The van der Waals surface area contributed by atoms with Crippen molar-refractivity contribution in [3.8, 4) is 0 Å². The van der Waals surface area contributed by atoms with Gasteiger partial charge in [0.15, 0.2) is 0 Å². The van der Waals surface area contributed by atoms with Gasteiger partial charge in [-0.05, 0) is 34.6 Å². The molecule has 2 aromatic rings. The van der Waals surface area contributed by atoms with Gasteiger partial charge in [-0.15, -0.1) is 0 Å². The molecule has 5 nitrogen and oxygen atoms in total. The quantitative estimate of drug-likeness (QED) is 0.916. The van der Waals surface area contributed by atoms with E-state index in [0.717, 1.165) is 29.0 Å². The summed E-state index contributed by atoms with van der Waals surface area (Å²) >= 11 is 3.40. The molecule has 18 heavy (non-hydrogen) atoms. The lowest BCUT2D eigenvalue weighted by atomic mass is 10.1. The summed E-state index contributed by atoms with van der Waals surface area (Å²) in [6.07, 6.45) is 4.17. The fraction of sp³-hybridized carbons (Fsp3) is 0.417.